The number of benzene rings is 1. The highest BCUT2D eigenvalue weighted by Crippen LogP contribution is 2.24. The lowest BCUT2D eigenvalue weighted by molar-refractivity contribution is 0.0499. The second-order valence-corrected chi connectivity index (χ2v) is 5.66. The minimum absolute atomic E-state index is 0.000595. The zero-order valence-corrected chi connectivity index (χ0v) is 14.7. The van der Waals surface area contributed by atoms with Gasteiger partial charge in [-0.25, -0.2) is 14.2 Å². The summed E-state index contributed by atoms with van der Waals surface area (Å²) in [7, 11) is 1.42. The Morgan fingerprint density at radius 3 is 2.69 bits per heavy atom. The fourth-order valence-corrected chi connectivity index (χ4v) is 2.30. The van der Waals surface area contributed by atoms with E-state index < -0.39 is 23.8 Å². The number of pyridine rings is 1. The summed E-state index contributed by atoms with van der Waals surface area (Å²) in [5, 5.41) is 12.9. The lowest BCUT2D eigenvalue weighted by Gasteiger charge is -2.14. The number of carbonyl (C=O) groups excluding carboxylic acids is 2. The monoisotopic (exact) mass is 360 g/mol. The van der Waals surface area contributed by atoms with E-state index in [1.807, 2.05) is 6.92 Å². The van der Waals surface area contributed by atoms with E-state index in [0.29, 0.717) is 6.42 Å². The van der Waals surface area contributed by atoms with Crippen molar-refractivity contribution in [3.63, 3.8) is 0 Å². The fourth-order valence-electron chi connectivity index (χ4n) is 2.30. The summed E-state index contributed by atoms with van der Waals surface area (Å²) in [6.07, 6.45) is 0.150. The Morgan fingerprint density at radius 1 is 1.31 bits per heavy atom. The van der Waals surface area contributed by atoms with Crippen molar-refractivity contribution in [2.24, 2.45) is 0 Å². The molecule has 0 radical (unpaired) electrons. The van der Waals surface area contributed by atoms with Crippen LogP contribution in [0.25, 0.3) is 0 Å². The van der Waals surface area contributed by atoms with Gasteiger partial charge in [0.2, 0.25) is 0 Å². The molecule has 138 valence electrons. The van der Waals surface area contributed by atoms with Crippen molar-refractivity contribution >= 4 is 11.9 Å². The van der Waals surface area contributed by atoms with Crippen LogP contribution in [-0.2, 0) is 4.74 Å². The number of aromatic nitrogens is 1. The largest absolute Gasteiger partial charge is 0.462 e. The van der Waals surface area contributed by atoms with Crippen molar-refractivity contribution in [1.29, 1.82) is 0 Å². The van der Waals surface area contributed by atoms with Crippen LogP contribution in [0.4, 0.5) is 4.39 Å². The van der Waals surface area contributed by atoms with Crippen LogP contribution >= 0.6 is 0 Å². The first kappa shape index (κ1) is 19.5. The number of rotatable bonds is 7. The molecule has 2 N–H and O–H groups in total. The van der Waals surface area contributed by atoms with Gasteiger partial charge in [0.1, 0.15) is 17.6 Å². The number of ether oxygens (including phenoxy) is 1. The zero-order valence-electron chi connectivity index (χ0n) is 14.7. The molecule has 1 aromatic heterocycles. The van der Waals surface area contributed by atoms with Crippen LogP contribution in [0.15, 0.2) is 36.4 Å². The summed E-state index contributed by atoms with van der Waals surface area (Å²) in [5.74, 6) is -1.78. The summed E-state index contributed by atoms with van der Waals surface area (Å²) < 4.78 is 19.1. The second-order valence-electron chi connectivity index (χ2n) is 5.66. The van der Waals surface area contributed by atoms with E-state index in [1.54, 1.807) is 6.07 Å². The van der Waals surface area contributed by atoms with E-state index in [4.69, 9.17) is 4.74 Å². The van der Waals surface area contributed by atoms with E-state index in [9.17, 15) is 19.1 Å². The molecule has 1 heterocycles. The molecule has 0 fully saturated rings. The number of aliphatic hydroxyl groups is 1. The van der Waals surface area contributed by atoms with Crippen molar-refractivity contribution in [3.05, 3.63) is 64.7 Å². The minimum atomic E-state index is -1.43. The average Bonchev–Trinajstić information content (AvgIpc) is 2.66. The molecule has 1 atom stereocenters. The molecule has 2 rings (SSSR count). The van der Waals surface area contributed by atoms with Gasteiger partial charge >= 0.3 is 5.97 Å². The minimum Gasteiger partial charge on any atom is -0.462 e. The molecule has 6 nitrogen and oxygen atoms in total. The number of hydrogen-bond acceptors (Lipinski definition) is 5. The maximum absolute atomic E-state index is 14.0. The van der Waals surface area contributed by atoms with Gasteiger partial charge in [0.05, 0.1) is 17.9 Å². The van der Waals surface area contributed by atoms with Crippen molar-refractivity contribution < 1.29 is 23.8 Å². The smallest absolute Gasteiger partial charge is 0.338 e. The van der Waals surface area contributed by atoms with E-state index in [0.717, 1.165) is 6.42 Å². The first-order valence-electron chi connectivity index (χ1n) is 8.31. The van der Waals surface area contributed by atoms with E-state index >= 15 is 0 Å². The first-order valence-corrected chi connectivity index (χ1v) is 8.31. The van der Waals surface area contributed by atoms with E-state index in [-0.39, 0.29) is 29.1 Å². The number of nitrogens with one attached hydrogen (secondary N) is 1. The van der Waals surface area contributed by atoms with Crippen LogP contribution in [0.3, 0.4) is 0 Å². The highest BCUT2D eigenvalue weighted by atomic mass is 19.1. The van der Waals surface area contributed by atoms with Crippen LogP contribution in [-0.4, -0.2) is 35.6 Å². The summed E-state index contributed by atoms with van der Waals surface area (Å²) in [4.78, 5) is 28.2. The number of nitrogens with zero attached hydrogens (tertiary/aromatic N) is 1. The van der Waals surface area contributed by atoms with Crippen LogP contribution in [0.5, 0.6) is 0 Å². The van der Waals surface area contributed by atoms with Crippen molar-refractivity contribution in [2.75, 3.05) is 13.7 Å². The molecule has 0 bridgehead atoms. The van der Waals surface area contributed by atoms with Gasteiger partial charge in [0, 0.05) is 12.6 Å². The quantitative estimate of drug-likeness (QED) is 0.585. The van der Waals surface area contributed by atoms with Gasteiger partial charge in [-0.05, 0) is 24.6 Å². The Bertz CT molecular complexity index is 795. The number of hydrogen-bond donors (Lipinski definition) is 2. The van der Waals surface area contributed by atoms with Crippen LogP contribution in [0, 0.1) is 5.82 Å². The molecule has 1 unspecified atom stereocenters. The summed E-state index contributed by atoms with van der Waals surface area (Å²) >= 11 is 0. The third-order valence-corrected chi connectivity index (χ3v) is 3.75. The lowest BCUT2D eigenvalue weighted by Crippen LogP contribution is -2.21. The van der Waals surface area contributed by atoms with Gasteiger partial charge in [0.25, 0.3) is 5.91 Å². The van der Waals surface area contributed by atoms with E-state index in [1.165, 1.54) is 37.4 Å². The van der Waals surface area contributed by atoms with Crippen LogP contribution in [0.1, 0.15) is 58.0 Å². The molecule has 0 aliphatic rings. The van der Waals surface area contributed by atoms with Crippen molar-refractivity contribution in [3.8, 4) is 0 Å². The van der Waals surface area contributed by atoms with Gasteiger partial charge < -0.3 is 15.2 Å². The molecule has 1 aromatic carbocycles. The third kappa shape index (κ3) is 4.64. The first-order chi connectivity index (χ1) is 12.5. The molecular weight excluding hydrogens is 339 g/mol. The normalized spacial score (nSPS) is 11.7. The zero-order chi connectivity index (χ0) is 19.1. The van der Waals surface area contributed by atoms with Gasteiger partial charge in [0.15, 0.2) is 0 Å². The lowest BCUT2D eigenvalue weighted by atomic mass is 10.0. The number of halogens is 1. The molecule has 2 aromatic rings. The van der Waals surface area contributed by atoms with E-state index in [2.05, 4.69) is 10.3 Å². The van der Waals surface area contributed by atoms with Crippen LogP contribution < -0.4 is 5.32 Å². The van der Waals surface area contributed by atoms with Gasteiger partial charge in [-0.2, -0.15) is 0 Å². The number of esters is 1. The van der Waals surface area contributed by atoms with Crippen LogP contribution in [0.2, 0.25) is 0 Å². The fraction of sp³-hybridized carbons (Fsp3) is 0.316. The molecule has 7 heteroatoms. The molecule has 0 saturated heterocycles. The predicted octanol–water partition coefficient (Wildman–Crippen LogP) is 2.62. The Kier molecular flexibility index (Phi) is 6.80. The Balaban J connectivity index is 2.41. The molecule has 1 amide bonds. The molecule has 26 heavy (non-hydrogen) atoms. The Hall–Kier alpha value is -2.80. The summed E-state index contributed by atoms with van der Waals surface area (Å²) in [5.41, 5.74) is -0.0130. The van der Waals surface area contributed by atoms with Gasteiger partial charge in [-0.3, -0.25) is 4.79 Å². The number of unbranched alkanes of at least 4 members (excludes halogenated alkanes) is 1. The SMILES string of the molecule is CCCCOC(=O)c1cc(C(=O)NC)nc(C(O)c2ccccc2F)c1. The highest BCUT2D eigenvalue weighted by Gasteiger charge is 2.21. The van der Waals surface area contributed by atoms with Crippen molar-refractivity contribution in [2.45, 2.75) is 25.9 Å². The number of aliphatic hydroxyl groups excluding tert-OH is 1. The Labute approximate surface area is 151 Å². The average molecular weight is 360 g/mol. The molecule has 0 spiro atoms. The van der Waals surface area contributed by atoms with Crippen molar-refractivity contribution in [1.82, 2.24) is 10.3 Å². The molecular formula is C19H21FN2O4. The standard InChI is InChI=1S/C19H21FN2O4/c1-3-4-9-26-19(25)12-10-15(22-16(11-12)18(24)21-2)17(23)13-7-5-6-8-14(13)20/h5-8,10-11,17,23H,3-4,9H2,1-2H3,(H,21,24). The molecule has 0 aliphatic heterocycles. The van der Waals surface area contributed by atoms with Gasteiger partial charge in [-0.1, -0.05) is 31.5 Å². The van der Waals surface area contributed by atoms with Gasteiger partial charge in [-0.15, -0.1) is 0 Å². The topological polar surface area (TPSA) is 88.5 Å². The second kappa shape index (κ2) is 9.05. The molecule has 0 saturated carbocycles. The third-order valence-electron chi connectivity index (χ3n) is 3.75. The summed E-state index contributed by atoms with van der Waals surface area (Å²) in [6.45, 7) is 2.21. The number of carbonyl (C=O) groups is 2. The predicted molar refractivity (Wildman–Crippen MR) is 93.3 cm³/mol. The Morgan fingerprint density at radius 2 is 2.04 bits per heavy atom. The maximum Gasteiger partial charge on any atom is 0.338 e. The maximum atomic E-state index is 14.0. The molecule has 0 aliphatic carbocycles. The highest BCUT2D eigenvalue weighted by molar-refractivity contribution is 5.96. The summed E-state index contributed by atoms with van der Waals surface area (Å²) in [6, 6.07) is 8.28. The number of amides is 1.